The first-order chi connectivity index (χ1) is 6.79. The fourth-order valence-electron chi connectivity index (χ4n) is 2.11. The second-order valence-electron chi connectivity index (χ2n) is 3.80. The molecule has 0 spiro atoms. The first-order valence-corrected chi connectivity index (χ1v) is 5.04. The highest BCUT2D eigenvalue weighted by molar-refractivity contribution is 5.83. The number of hydrogen-bond donors (Lipinski definition) is 2. The molecule has 2 fully saturated rings. The van der Waals surface area contributed by atoms with Crippen molar-refractivity contribution in [1.29, 1.82) is 5.41 Å². The number of rotatable bonds is 2. The molecule has 2 saturated heterocycles. The summed E-state index contributed by atoms with van der Waals surface area (Å²) in [7, 11) is 0. The van der Waals surface area contributed by atoms with E-state index in [0.717, 1.165) is 32.8 Å². The Bertz CT molecular complexity index is 216. The van der Waals surface area contributed by atoms with Crippen LogP contribution in [-0.2, 0) is 9.47 Å². The van der Waals surface area contributed by atoms with E-state index in [-0.39, 0.29) is 11.9 Å². The van der Waals surface area contributed by atoms with Crippen molar-refractivity contribution in [2.45, 2.75) is 18.5 Å². The lowest BCUT2D eigenvalue weighted by atomic mass is 10.1. The molecule has 2 unspecified atom stereocenters. The minimum Gasteiger partial charge on any atom is -0.386 e. The summed E-state index contributed by atoms with van der Waals surface area (Å²) < 4.78 is 10.7. The monoisotopic (exact) mass is 199 g/mol. The van der Waals surface area contributed by atoms with Gasteiger partial charge in [-0.3, -0.25) is 10.3 Å². The Morgan fingerprint density at radius 1 is 1.29 bits per heavy atom. The van der Waals surface area contributed by atoms with E-state index in [2.05, 4.69) is 4.90 Å². The van der Waals surface area contributed by atoms with Crippen LogP contribution in [0.15, 0.2) is 0 Å². The van der Waals surface area contributed by atoms with Crippen LogP contribution in [-0.4, -0.2) is 55.8 Å². The number of morpholine rings is 1. The molecule has 3 N–H and O–H groups in total. The number of nitrogens with one attached hydrogen (secondary N) is 1. The molecule has 0 aliphatic carbocycles. The van der Waals surface area contributed by atoms with Gasteiger partial charge in [0.2, 0.25) is 0 Å². The Labute approximate surface area is 83.7 Å². The van der Waals surface area contributed by atoms with Gasteiger partial charge >= 0.3 is 0 Å². The van der Waals surface area contributed by atoms with E-state index >= 15 is 0 Å². The van der Waals surface area contributed by atoms with Crippen molar-refractivity contribution in [2.75, 3.05) is 33.0 Å². The number of ether oxygens (including phenoxy) is 2. The van der Waals surface area contributed by atoms with Crippen molar-refractivity contribution in [2.24, 2.45) is 5.73 Å². The van der Waals surface area contributed by atoms with Crippen molar-refractivity contribution in [3.8, 4) is 0 Å². The molecule has 2 atom stereocenters. The van der Waals surface area contributed by atoms with E-state index in [9.17, 15) is 0 Å². The zero-order valence-electron chi connectivity index (χ0n) is 8.24. The van der Waals surface area contributed by atoms with Crippen LogP contribution in [0.4, 0.5) is 0 Å². The lowest BCUT2D eigenvalue weighted by molar-refractivity contribution is -0.00697. The van der Waals surface area contributed by atoms with Crippen LogP contribution >= 0.6 is 0 Å². The summed E-state index contributed by atoms with van der Waals surface area (Å²) in [5.41, 5.74) is 5.55. The topological polar surface area (TPSA) is 71.6 Å². The summed E-state index contributed by atoms with van der Waals surface area (Å²) in [5, 5.41) is 7.50. The molecule has 14 heavy (non-hydrogen) atoms. The molecule has 0 aromatic rings. The summed E-state index contributed by atoms with van der Waals surface area (Å²) in [4.78, 5) is 2.25. The maximum Gasteiger partial charge on any atom is 0.111 e. The van der Waals surface area contributed by atoms with E-state index in [1.165, 1.54) is 0 Å². The average Bonchev–Trinajstić information content (AvgIpc) is 2.70. The lowest BCUT2D eigenvalue weighted by Crippen LogP contribution is -2.56. The van der Waals surface area contributed by atoms with Crippen LogP contribution in [0, 0.1) is 5.41 Å². The van der Waals surface area contributed by atoms with E-state index in [1.807, 2.05) is 0 Å². The summed E-state index contributed by atoms with van der Waals surface area (Å²) >= 11 is 0. The summed E-state index contributed by atoms with van der Waals surface area (Å²) in [6.45, 7) is 3.74. The number of nitrogens with zero attached hydrogens (tertiary/aromatic N) is 1. The number of hydrogen-bond acceptors (Lipinski definition) is 4. The molecule has 0 amide bonds. The van der Waals surface area contributed by atoms with Gasteiger partial charge in [-0.15, -0.1) is 0 Å². The van der Waals surface area contributed by atoms with Gasteiger partial charge in [0.1, 0.15) is 5.84 Å². The van der Waals surface area contributed by atoms with Gasteiger partial charge in [-0.05, 0) is 6.42 Å². The second-order valence-corrected chi connectivity index (χ2v) is 3.80. The van der Waals surface area contributed by atoms with Crippen molar-refractivity contribution >= 4 is 5.84 Å². The third kappa shape index (κ3) is 1.89. The highest BCUT2D eigenvalue weighted by atomic mass is 16.5. The molecule has 5 heteroatoms. The maximum atomic E-state index is 7.50. The van der Waals surface area contributed by atoms with Gasteiger partial charge in [0, 0.05) is 19.2 Å². The summed E-state index contributed by atoms with van der Waals surface area (Å²) in [6, 6.07) is 0.378. The minimum atomic E-state index is -0.0459. The molecule has 2 aliphatic heterocycles. The molecule has 0 aromatic carbocycles. The Kier molecular flexibility index (Phi) is 3.00. The zero-order valence-corrected chi connectivity index (χ0v) is 8.24. The number of amidine groups is 1. The molecule has 2 rings (SSSR count). The van der Waals surface area contributed by atoms with E-state index in [1.54, 1.807) is 0 Å². The van der Waals surface area contributed by atoms with Crippen LogP contribution < -0.4 is 5.73 Å². The van der Waals surface area contributed by atoms with Gasteiger partial charge in [-0.2, -0.15) is 0 Å². The average molecular weight is 199 g/mol. The molecule has 2 aliphatic rings. The summed E-state index contributed by atoms with van der Waals surface area (Å²) in [5.74, 6) is 0.205. The second kappa shape index (κ2) is 4.25. The normalized spacial score (nSPS) is 34.6. The van der Waals surface area contributed by atoms with Crippen molar-refractivity contribution in [3.63, 3.8) is 0 Å². The molecular weight excluding hydrogens is 182 g/mol. The van der Waals surface area contributed by atoms with Crippen LogP contribution in [0.1, 0.15) is 6.42 Å². The van der Waals surface area contributed by atoms with Crippen molar-refractivity contribution in [3.05, 3.63) is 0 Å². The van der Waals surface area contributed by atoms with Gasteiger partial charge < -0.3 is 15.2 Å². The Balaban J connectivity index is 2.01. The van der Waals surface area contributed by atoms with Crippen LogP contribution in [0.25, 0.3) is 0 Å². The van der Waals surface area contributed by atoms with Gasteiger partial charge in [-0.25, -0.2) is 0 Å². The van der Waals surface area contributed by atoms with Crippen molar-refractivity contribution < 1.29 is 9.47 Å². The smallest absolute Gasteiger partial charge is 0.111 e. The fourth-order valence-corrected chi connectivity index (χ4v) is 2.11. The van der Waals surface area contributed by atoms with Crippen LogP contribution in [0.2, 0.25) is 0 Å². The zero-order chi connectivity index (χ0) is 9.97. The largest absolute Gasteiger partial charge is 0.386 e. The fraction of sp³-hybridized carbons (Fsp3) is 0.889. The quantitative estimate of drug-likeness (QED) is 0.461. The molecule has 0 saturated carbocycles. The Morgan fingerprint density at radius 2 is 2.07 bits per heavy atom. The predicted octanol–water partition coefficient (Wildman–Crippen LogP) is -0.588. The third-order valence-corrected chi connectivity index (χ3v) is 2.90. The SMILES string of the molecule is N=C(N)C1COCCN1C1CCOC1. The first-order valence-electron chi connectivity index (χ1n) is 5.04. The van der Waals surface area contributed by atoms with E-state index in [0.29, 0.717) is 12.6 Å². The third-order valence-electron chi connectivity index (χ3n) is 2.90. The van der Waals surface area contributed by atoms with Gasteiger partial charge in [0.05, 0.1) is 25.9 Å². The van der Waals surface area contributed by atoms with Gasteiger partial charge in [-0.1, -0.05) is 0 Å². The molecule has 5 nitrogen and oxygen atoms in total. The molecule has 0 bridgehead atoms. The maximum absolute atomic E-state index is 7.50. The van der Waals surface area contributed by atoms with Gasteiger partial charge in [0.25, 0.3) is 0 Å². The molecule has 80 valence electrons. The lowest BCUT2D eigenvalue weighted by Gasteiger charge is -2.38. The number of nitrogens with two attached hydrogens (primary N) is 1. The Morgan fingerprint density at radius 3 is 2.71 bits per heavy atom. The van der Waals surface area contributed by atoms with Crippen molar-refractivity contribution in [1.82, 2.24) is 4.90 Å². The standard InChI is InChI=1S/C9H17N3O2/c10-9(11)8-6-14-4-2-12(8)7-1-3-13-5-7/h7-8H,1-6H2,(H3,10,11). The Hall–Kier alpha value is -0.650. The molecule has 0 aromatic heterocycles. The van der Waals surface area contributed by atoms with Crippen LogP contribution in [0.3, 0.4) is 0 Å². The van der Waals surface area contributed by atoms with E-state index < -0.39 is 0 Å². The van der Waals surface area contributed by atoms with Gasteiger partial charge in [0.15, 0.2) is 0 Å². The van der Waals surface area contributed by atoms with E-state index in [4.69, 9.17) is 20.6 Å². The summed E-state index contributed by atoms with van der Waals surface area (Å²) in [6.07, 6.45) is 1.05. The minimum absolute atomic E-state index is 0.0459. The molecule has 2 heterocycles. The molecule has 0 radical (unpaired) electrons. The van der Waals surface area contributed by atoms with Crippen LogP contribution in [0.5, 0.6) is 0 Å². The highest BCUT2D eigenvalue weighted by Crippen LogP contribution is 2.18. The molecular formula is C9H17N3O2. The first kappa shape index (κ1) is 9.89. The predicted molar refractivity (Wildman–Crippen MR) is 52.5 cm³/mol. The highest BCUT2D eigenvalue weighted by Gasteiger charge is 2.33.